The molecule has 0 spiro atoms. The lowest BCUT2D eigenvalue weighted by molar-refractivity contribution is -0.658. The molecule has 0 bridgehead atoms. The van der Waals surface area contributed by atoms with Crippen LogP contribution in [0.4, 0.5) is 11.5 Å². The maximum atomic E-state index is 5.79. The van der Waals surface area contributed by atoms with Gasteiger partial charge in [0.2, 0.25) is 0 Å². The van der Waals surface area contributed by atoms with E-state index >= 15 is 0 Å². The predicted molar refractivity (Wildman–Crippen MR) is 172 cm³/mol. The Bertz CT molecular complexity index is 1590. The highest BCUT2D eigenvalue weighted by molar-refractivity contribution is 14.1. The zero-order chi connectivity index (χ0) is 27.5. The summed E-state index contributed by atoms with van der Waals surface area (Å²) in [4.78, 5) is 2.45. The molecule has 3 aromatic carbocycles. The molecule has 0 saturated heterocycles. The van der Waals surface area contributed by atoms with E-state index in [1.54, 1.807) is 0 Å². The van der Waals surface area contributed by atoms with Gasteiger partial charge in [0.25, 0.3) is 5.82 Å². The van der Waals surface area contributed by atoms with Crippen LogP contribution in [0.5, 0.6) is 5.75 Å². The maximum Gasteiger partial charge on any atom is 0.281 e. The molecule has 39 heavy (non-hydrogen) atoms. The summed E-state index contributed by atoms with van der Waals surface area (Å²) in [5.74, 6) is 1.99. The fourth-order valence-electron chi connectivity index (χ4n) is 5.58. The molecule has 0 radical (unpaired) electrons. The van der Waals surface area contributed by atoms with Crippen LogP contribution in [-0.4, -0.2) is 6.04 Å². The van der Waals surface area contributed by atoms with Gasteiger partial charge in [-0.05, 0) is 59.4 Å². The summed E-state index contributed by atoms with van der Waals surface area (Å²) in [6.07, 6.45) is 8.09. The lowest BCUT2D eigenvalue weighted by atomic mass is 9.87. The summed E-state index contributed by atoms with van der Waals surface area (Å²) in [5, 5.41) is 0. The Balaban J connectivity index is 1.77. The molecular formula is C35H34IN2O+. The number of pyridine rings is 1. The van der Waals surface area contributed by atoms with Gasteiger partial charge in [-0.15, -0.1) is 0 Å². The Morgan fingerprint density at radius 3 is 2.21 bits per heavy atom. The maximum absolute atomic E-state index is 5.79. The number of allylic oxidation sites excluding steroid dienone is 3. The predicted octanol–water partition coefficient (Wildman–Crippen LogP) is 8.97. The number of rotatable bonds is 2. The van der Waals surface area contributed by atoms with Crippen molar-refractivity contribution in [2.24, 2.45) is 7.05 Å². The van der Waals surface area contributed by atoms with E-state index in [-0.39, 0.29) is 6.04 Å². The van der Waals surface area contributed by atoms with Gasteiger partial charge in [0.1, 0.15) is 17.5 Å². The smallest absolute Gasteiger partial charge is 0.281 e. The first kappa shape index (κ1) is 26.9. The van der Waals surface area contributed by atoms with Crippen molar-refractivity contribution in [2.45, 2.75) is 32.7 Å². The van der Waals surface area contributed by atoms with Gasteiger partial charge in [0.05, 0.1) is 13.2 Å². The molecule has 2 heterocycles. The molecule has 1 aliphatic rings. The first-order valence-electron chi connectivity index (χ1n) is 13.3. The number of fused-ring (bicyclic) bond motifs is 4. The minimum absolute atomic E-state index is 0.170. The highest BCUT2D eigenvalue weighted by Crippen LogP contribution is 2.41. The van der Waals surface area contributed by atoms with Gasteiger partial charge in [-0.25, -0.2) is 9.47 Å². The number of nitrogens with zero attached hydrogens (tertiary/aromatic N) is 2. The Labute approximate surface area is 246 Å². The first-order chi connectivity index (χ1) is 18.9. The standard InChI is InChI=1S/C35H34IN2O/c1-24-13-12-14-26(3)38(34-19-10-11-22-37(34)5)35-27(4)33(39-36)21-20-28(35)23-25(2)30-16-7-9-18-32(30)31-17-8-6-15-29(24)31/h6-13,15-22,26H,1-2,14,23H2,3-5H3/q+1/b13-12-. The molecule has 5 rings (SSSR count). The largest absolute Gasteiger partial charge is 0.427 e. The molecule has 1 aliphatic heterocycles. The van der Waals surface area contributed by atoms with E-state index in [1.165, 1.54) is 22.4 Å². The zero-order valence-electron chi connectivity index (χ0n) is 22.8. The van der Waals surface area contributed by atoms with E-state index in [2.05, 4.69) is 141 Å². The number of benzene rings is 3. The van der Waals surface area contributed by atoms with Crippen molar-refractivity contribution in [3.05, 3.63) is 133 Å². The van der Waals surface area contributed by atoms with E-state index in [9.17, 15) is 0 Å². The quantitative estimate of drug-likeness (QED) is 0.163. The van der Waals surface area contributed by atoms with Gasteiger partial charge in [0, 0.05) is 30.0 Å². The summed E-state index contributed by atoms with van der Waals surface area (Å²) in [7, 11) is 2.10. The van der Waals surface area contributed by atoms with Gasteiger partial charge >= 0.3 is 0 Å². The molecule has 1 aromatic heterocycles. The first-order valence-corrected chi connectivity index (χ1v) is 14.2. The van der Waals surface area contributed by atoms with Crippen LogP contribution in [0.3, 0.4) is 0 Å². The highest BCUT2D eigenvalue weighted by Gasteiger charge is 2.31. The third kappa shape index (κ3) is 5.30. The average molecular weight is 626 g/mol. The topological polar surface area (TPSA) is 16.4 Å². The average Bonchev–Trinajstić information content (AvgIpc) is 2.95. The van der Waals surface area contributed by atoms with Crippen molar-refractivity contribution >= 4 is 45.7 Å². The third-order valence-electron chi connectivity index (χ3n) is 7.58. The fraction of sp³-hybridized carbons (Fsp3) is 0.171. The lowest BCUT2D eigenvalue weighted by Crippen LogP contribution is -2.41. The van der Waals surface area contributed by atoms with Crippen molar-refractivity contribution in [1.29, 1.82) is 0 Å². The molecule has 4 heteroatoms. The van der Waals surface area contributed by atoms with E-state index in [0.29, 0.717) is 6.42 Å². The zero-order valence-corrected chi connectivity index (χ0v) is 25.0. The Morgan fingerprint density at radius 1 is 0.872 bits per heavy atom. The molecule has 3 nitrogen and oxygen atoms in total. The minimum atomic E-state index is 0.170. The molecule has 196 valence electrons. The second kappa shape index (κ2) is 11.6. The van der Waals surface area contributed by atoms with Gasteiger partial charge in [-0.1, -0.05) is 86.0 Å². The molecule has 1 atom stereocenters. The number of anilines is 2. The Hall–Kier alpha value is -3.64. The van der Waals surface area contributed by atoms with Gasteiger partial charge in [-0.3, -0.25) is 0 Å². The van der Waals surface area contributed by atoms with Crippen LogP contribution < -0.4 is 12.5 Å². The van der Waals surface area contributed by atoms with E-state index in [1.807, 2.05) is 23.0 Å². The SMILES string of the molecule is C=C1/C=C\CC(C)N(c2cccc[n+]2C)c2c(ccc(OI)c2C)CC(=C)c2ccccc2-c2ccccc21. The van der Waals surface area contributed by atoms with Gasteiger partial charge < -0.3 is 3.07 Å². The number of aromatic nitrogens is 1. The van der Waals surface area contributed by atoms with Crippen molar-refractivity contribution in [1.82, 2.24) is 0 Å². The summed E-state index contributed by atoms with van der Waals surface area (Å²) < 4.78 is 7.98. The number of aryl methyl sites for hydroxylation is 1. The molecule has 0 aliphatic carbocycles. The van der Waals surface area contributed by atoms with Crippen LogP contribution in [0.1, 0.15) is 35.6 Å². The van der Waals surface area contributed by atoms with Gasteiger partial charge in [-0.2, -0.15) is 0 Å². The van der Waals surface area contributed by atoms with E-state index < -0.39 is 0 Å². The van der Waals surface area contributed by atoms with Crippen LogP contribution in [0.25, 0.3) is 22.3 Å². The van der Waals surface area contributed by atoms with Crippen molar-refractivity contribution < 1.29 is 7.63 Å². The monoisotopic (exact) mass is 625 g/mol. The van der Waals surface area contributed by atoms with Gasteiger partial charge in [0.15, 0.2) is 23.0 Å². The minimum Gasteiger partial charge on any atom is -0.427 e. The van der Waals surface area contributed by atoms with E-state index in [0.717, 1.165) is 45.8 Å². The van der Waals surface area contributed by atoms with Crippen LogP contribution >= 0.6 is 23.0 Å². The van der Waals surface area contributed by atoms with E-state index in [4.69, 9.17) is 3.07 Å². The molecule has 0 fully saturated rings. The molecular weight excluding hydrogens is 591 g/mol. The molecule has 4 aromatic rings. The summed E-state index contributed by atoms with van der Waals surface area (Å²) >= 11 is 1.98. The van der Waals surface area contributed by atoms with Crippen LogP contribution in [0.2, 0.25) is 0 Å². The number of halogens is 1. The normalized spacial score (nSPS) is 16.5. The molecule has 1 unspecified atom stereocenters. The second-order valence-electron chi connectivity index (χ2n) is 10.2. The Kier molecular flexibility index (Phi) is 8.03. The second-order valence-corrected chi connectivity index (χ2v) is 10.6. The van der Waals surface area contributed by atoms with Crippen molar-refractivity contribution in [3.8, 4) is 16.9 Å². The third-order valence-corrected chi connectivity index (χ3v) is 8.05. The summed E-state index contributed by atoms with van der Waals surface area (Å²) in [6.45, 7) is 13.5. The fourth-order valence-corrected chi connectivity index (χ4v) is 6.05. The molecule has 0 N–H and O–H groups in total. The highest BCUT2D eigenvalue weighted by atomic mass is 127. The summed E-state index contributed by atoms with van der Waals surface area (Å²) in [5.41, 5.74) is 10.2. The lowest BCUT2D eigenvalue weighted by Gasteiger charge is -2.28. The molecule has 0 saturated carbocycles. The van der Waals surface area contributed by atoms with Crippen LogP contribution in [-0.2, 0) is 13.5 Å². The van der Waals surface area contributed by atoms with Crippen LogP contribution in [0.15, 0.2) is 110 Å². The Morgan fingerprint density at radius 2 is 1.51 bits per heavy atom. The summed E-state index contributed by atoms with van der Waals surface area (Å²) in [6, 6.07) is 27.9. The molecule has 0 amide bonds. The van der Waals surface area contributed by atoms with Crippen molar-refractivity contribution in [2.75, 3.05) is 4.90 Å². The van der Waals surface area contributed by atoms with Crippen molar-refractivity contribution in [3.63, 3.8) is 0 Å². The number of hydrogen-bond acceptors (Lipinski definition) is 2. The van der Waals surface area contributed by atoms with Crippen LogP contribution in [0, 0.1) is 6.92 Å². The number of hydrogen-bond donors (Lipinski definition) is 0.